The Bertz CT molecular complexity index is 1560. The van der Waals surface area contributed by atoms with Crippen LogP contribution in [0.1, 0.15) is 113 Å². The number of rotatable bonds is 7. The second kappa shape index (κ2) is 10.1. The average Bonchev–Trinajstić information content (AvgIpc) is 3.81. The molecule has 0 unspecified atom stereocenters. The van der Waals surface area contributed by atoms with Gasteiger partial charge in [-0.3, -0.25) is 0 Å². The molecular weight excluding hydrogens is 579 g/mol. The van der Waals surface area contributed by atoms with Gasteiger partial charge in [-0.05, 0) is 171 Å². The van der Waals surface area contributed by atoms with Crippen LogP contribution in [-0.2, 0) is 36.5 Å². The molecule has 6 aliphatic rings. The van der Waals surface area contributed by atoms with Crippen LogP contribution in [0.2, 0.25) is 0 Å². The number of hydrogen-bond acceptors (Lipinski definition) is 6. The van der Waals surface area contributed by atoms with E-state index in [0.717, 1.165) is 93.4 Å². The number of benzene rings is 2. The monoisotopic (exact) mass is 618 g/mol. The van der Waals surface area contributed by atoms with Crippen LogP contribution in [0.3, 0.4) is 0 Å². The molecule has 2 aromatic carbocycles. The van der Waals surface area contributed by atoms with Crippen LogP contribution in [0.25, 0.3) is 0 Å². The van der Waals surface area contributed by atoms with Gasteiger partial charge in [0, 0.05) is 0 Å². The zero-order valence-electron chi connectivity index (χ0n) is 24.6. The van der Waals surface area contributed by atoms with Crippen molar-refractivity contribution in [1.29, 1.82) is 0 Å². The molecule has 2 aromatic rings. The minimum absolute atomic E-state index is 0. The fourth-order valence-electron chi connectivity index (χ4n) is 10.6. The van der Waals surface area contributed by atoms with E-state index in [0.29, 0.717) is 16.7 Å². The van der Waals surface area contributed by atoms with Gasteiger partial charge in [0.15, 0.2) is 0 Å². The summed E-state index contributed by atoms with van der Waals surface area (Å²) >= 11 is 0. The molecule has 6 bridgehead atoms. The second-order valence-corrected chi connectivity index (χ2v) is 17.5. The molecule has 6 aliphatic carbocycles. The molecule has 0 N–H and O–H groups in total. The molecule has 0 amide bonds. The molecule has 6 fully saturated rings. The van der Waals surface area contributed by atoms with Crippen molar-refractivity contribution in [2.45, 2.75) is 122 Å². The van der Waals surface area contributed by atoms with E-state index < -0.39 is 25.1 Å². The van der Waals surface area contributed by atoms with Crippen molar-refractivity contribution in [3.8, 4) is 5.75 Å². The summed E-state index contributed by atoms with van der Waals surface area (Å²) in [7, 11) is -8.88. The first kappa shape index (κ1) is 29.8. The van der Waals surface area contributed by atoms with Gasteiger partial charge in [-0.15, -0.1) is 0 Å². The molecular formula is C33H39NaO6S2. The van der Waals surface area contributed by atoms with Crippen molar-refractivity contribution in [2.75, 3.05) is 0 Å². The normalized spacial score (nSPS) is 36.5. The SMILES string of the molecule is O=S(=O)([O-])c1ccc(OS(=O)(=O)c2c(C34CCC(CC3)C4)cc(C34CCC(CC3)C4)cc2C23CCC(CC2)C3)cc1.[Na+]. The van der Waals surface area contributed by atoms with Crippen molar-refractivity contribution < 1.29 is 55.1 Å². The molecule has 9 heteroatoms. The first-order valence-corrected chi connectivity index (χ1v) is 18.5. The Hall–Kier alpha value is -0.900. The van der Waals surface area contributed by atoms with E-state index in [1.165, 1.54) is 49.8 Å². The summed E-state index contributed by atoms with van der Waals surface area (Å²) in [6.07, 6.45) is 17.1. The van der Waals surface area contributed by atoms with E-state index in [9.17, 15) is 21.4 Å². The second-order valence-electron chi connectivity index (χ2n) is 14.6. The van der Waals surface area contributed by atoms with Gasteiger partial charge in [-0.2, -0.15) is 8.42 Å². The minimum Gasteiger partial charge on any atom is -0.744 e. The van der Waals surface area contributed by atoms with Gasteiger partial charge < -0.3 is 8.74 Å². The largest absolute Gasteiger partial charge is 1.00 e. The Labute approximate surface area is 272 Å². The summed E-state index contributed by atoms with van der Waals surface area (Å²) in [5.74, 6) is 2.17. The van der Waals surface area contributed by atoms with Crippen LogP contribution >= 0.6 is 0 Å². The Morgan fingerprint density at radius 2 is 1.05 bits per heavy atom. The Morgan fingerprint density at radius 3 is 1.40 bits per heavy atom. The Balaban J connectivity index is 0.00000288. The van der Waals surface area contributed by atoms with E-state index in [1.54, 1.807) is 0 Å². The number of fused-ring (bicyclic) bond motifs is 6. The molecule has 0 aliphatic heterocycles. The summed E-state index contributed by atoms with van der Waals surface area (Å²) < 4.78 is 69.4. The van der Waals surface area contributed by atoms with Gasteiger partial charge in [-0.25, -0.2) is 8.42 Å². The summed E-state index contributed by atoms with van der Waals surface area (Å²) in [5, 5.41) is 0. The summed E-state index contributed by atoms with van der Waals surface area (Å²) in [5.41, 5.74) is 3.35. The molecule has 0 atom stereocenters. The Kier molecular flexibility index (Phi) is 7.13. The van der Waals surface area contributed by atoms with Crippen LogP contribution < -0.4 is 33.7 Å². The molecule has 42 heavy (non-hydrogen) atoms. The molecule has 0 saturated heterocycles. The maximum absolute atomic E-state index is 14.6. The van der Waals surface area contributed by atoms with Crippen molar-refractivity contribution in [1.82, 2.24) is 0 Å². The van der Waals surface area contributed by atoms with E-state index >= 15 is 0 Å². The molecule has 0 radical (unpaired) electrons. The van der Waals surface area contributed by atoms with Gasteiger partial charge in [0.1, 0.15) is 20.8 Å². The van der Waals surface area contributed by atoms with Crippen LogP contribution in [0.4, 0.5) is 0 Å². The third kappa shape index (κ3) is 4.60. The fourth-order valence-corrected chi connectivity index (χ4v) is 12.6. The smallest absolute Gasteiger partial charge is 0.744 e. The third-order valence-corrected chi connectivity index (χ3v) is 14.8. The molecule has 0 heterocycles. The van der Waals surface area contributed by atoms with Crippen molar-refractivity contribution >= 4 is 20.2 Å². The molecule has 8 rings (SSSR count). The van der Waals surface area contributed by atoms with Gasteiger partial charge in [0.05, 0.1) is 4.90 Å². The van der Waals surface area contributed by atoms with Gasteiger partial charge in [0.2, 0.25) is 0 Å². The predicted octanol–water partition coefficient (Wildman–Crippen LogP) is 3.86. The van der Waals surface area contributed by atoms with Crippen molar-refractivity contribution in [2.24, 2.45) is 17.8 Å². The maximum atomic E-state index is 14.6. The van der Waals surface area contributed by atoms with Crippen molar-refractivity contribution in [3.63, 3.8) is 0 Å². The molecule has 6 nitrogen and oxygen atoms in total. The number of hydrogen-bond donors (Lipinski definition) is 0. The van der Waals surface area contributed by atoms with E-state index in [2.05, 4.69) is 12.1 Å². The first-order chi connectivity index (χ1) is 19.5. The van der Waals surface area contributed by atoms with Crippen molar-refractivity contribution in [3.05, 3.63) is 53.1 Å². The average molecular weight is 619 g/mol. The summed E-state index contributed by atoms with van der Waals surface area (Å²) in [4.78, 5) is 0.0122. The standard InChI is InChI=1S/C33H40O6S2.Na/c34-40(35,36)27-3-1-26(2-4-27)39-41(37,38)30-28(32-13-7-23(20-32)8-14-32)17-25(31-11-5-22(19-31)6-12-31)18-29(30)33-15-9-24(21-33)10-16-33;/h1-4,17-18,22-24H,5-16,19-21H2,(H,34,35,36);/q;+1/p-1. The summed E-state index contributed by atoms with van der Waals surface area (Å²) in [6.45, 7) is 0. The van der Waals surface area contributed by atoms with E-state index in [4.69, 9.17) is 4.18 Å². The van der Waals surface area contributed by atoms with Crippen LogP contribution in [0, 0.1) is 17.8 Å². The van der Waals surface area contributed by atoms with Gasteiger partial charge >= 0.3 is 39.7 Å². The van der Waals surface area contributed by atoms with Gasteiger partial charge in [0.25, 0.3) is 0 Å². The summed E-state index contributed by atoms with van der Waals surface area (Å²) in [6, 6.07) is 9.47. The van der Waals surface area contributed by atoms with Gasteiger partial charge in [-0.1, -0.05) is 12.1 Å². The molecule has 220 valence electrons. The zero-order valence-corrected chi connectivity index (χ0v) is 28.2. The molecule has 6 saturated carbocycles. The zero-order chi connectivity index (χ0) is 28.3. The topological polar surface area (TPSA) is 101 Å². The van der Waals surface area contributed by atoms with Crippen LogP contribution in [0.15, 0.2) is 46.2 Å². The quantitative estimate of drug-likeness (QED) is 0.266. The van der Waals surface area contributed by atoms with Crippen LogP contribution in [0.5, 0.6) is 5.75 Å². The predicted molar refractivity (Wildman–Crippen MR) is 153 cm³/mol. The third-order valence-electron chi connectivity index (χ3n) is 12.6. The first-order valence-electron chi connectivity index (χ1n) is 15.7. The maximum Gasteiger partial charge on any atom is 1.00 e. The van der Waals surface area contributed by atoms with E-state index in [1.807, 2.05) is 0 Å². The Morgan fingerprint density at radius 1 is 0.643 bits per heavy atom. The van der Waals surface area contributed by atoms with Crippen LogP contribution in [-0.4, -0.2) is 21.4 Å². The minimum atomic E-state index is -4.64. The fraction of sp³-hybridized carbons (Fsp3) is 0.636. The molecule has 0 aromatic heterocycles. The molecule has 0 spiro atoms. The van der Waals surface area contributed by atoms with E-state index in [-0.39, 0.29) is 51.6 Å².